The van der Waals surface area contributed by atoms with E-state index in [4.69, 9.17) is 16.3 Å². The first kappa shape index (κ1) is 16.3. The molecule has 0 bridgehead atoms. The molecule has 2 saturated carbocycles. The first-order chi connectivity index (χ1) is 11.5. The Bertz CT molecular complexity index is 651. The minimum atomic E-state index is 0.367. The van der Waals surface area contributed by atoms with E-state index < -0.39 is 0 Å². The van der Waals surface area contributed by atoms with Crippen LogP contribution in [0.25, 0.3) is 0 Å². The second kappa shape index (κ2) is 5.95. The van der Waals surface area contributed by atoms with Crippen molar-refractivity contribution in [2.75, 3.05) is 20.7 Å². The molecular formula is C18H27ClN4O. The first-order valence-electron chi connectivity index (χ1n) is 8.92. The molecule has 1 aliphatic heterocycles. The van der Waals surface area contributed by atoms with Gasteiger partial charge in [0.25, 0.3) is 0 Å². The average Bonchev–Trinajstić information content (AvgIpc) is 3.03. The highest BCUT2D eigenvalue weighted by atomic mass is 35.5. The van der Waals surface area contributed by atoms with Gasteiger partial charge >= 0.3 is 0 Å². The number of hydrogen-bond acceptors (Lipinski definition) is 2. The van der Waals surface area contributed by atoms with Crippen LogP contribution in [0.3, 0.4) is 0 Å². The Kier molecular flexibility index (Phi) is 4.04. The zero-order valence-electron chi connectivity index (χ0n) is 14.8. The van der Waals surface area contributed by atoms with E-state index in [1.165, 1.54) is 31.4 Å². The molecule has 5 nitrogen and oxygen atoms in total. The average molecular weight is 351 g/mol. The van der Waals surface area contributed by atoms with E-state index in [0.29, 0.717) is 23.5 Å². The van der Waals surface area contributed by atoms with Crippen LogP contribution in [0.4, 0.5) is 0 Å². The van der Waals surface area contributed by atoms with Crippen molar-refractivity contribution >= 4 is 17.6 Å². The Balaban J connectivity index is 1.45. The van der Waals surface area contributed by atoms with E-state index >= 15 is 0 Å². The van der Waals surface area contributed by atoms with Gasteiger partial charge in [0.15, 0.2) is 5.96 Å². The summed E-state index contributed by atoms with van der Waals surface area (Å²) in [5.41, 5.74) is 1.55. The summed E-state index contributed by atoms with van der Waals surface area (Å²) in [6, 6.07) is 2.53. The monoisotopic (exact) mass is 350 g/mol. The minimum absolute atomic E-state index is 0.367. The van der Waals surface area contributed by atoms with Crippen molar-refractivity contribution in [3.05, 3.63) is 23.0 Å². The van der Waals surface area contributed by atoms with E-state index in [1.807, 2.05) is 26.4 Å². The van der Waals surface area contributed by atoms with Crippen LogP contribution < -0.4 is 5.32 Å². The lowest BCUT2D eigenvalue weighted by molar-refractivity contribution is -0.171. The molecule has 1 N–H and O–H groups in total. The van der Waals surface area contributed by atoms with Crippen LogP contribution in [0.5, 0.6) is 0 Å². The molecule has 1 saturated heterocycles. The molecule has 3 atom stereocenters. The van der Waals surface area contributed by atoms with Gasteiger partial charge in [0, 0.05) is 57.0 Å². The Morgan fingerprint density at radius 3 is 2.92 bits per heavy atom. The van der Waals surface area contributed by atoms with Crippen molar-refractivity contribution in [3.8, 4) is 0 Å². The van der Waals surface area contributed by atoms with Crippen LogP contribution in [-0.2, 0) is 18.3 Å². The van der Waals surface area contributed by atoms with E-state index in [2.05, 4.69) is 26.8 Å². The lowest BCUT2D eigenvalue weighted by Crippen LogP contribution is -2.72. The summed E-state index contributed by atoms with van der Waals surface area (Å²) in [7, 11) is 5.98. The largest absolute Gasteiger partial charge is 0.377 e. The van der Waals surface area contributed by atoms with Crippen molar-refractivity contribution < 1.29 is 4.74 Å². The molecule has 24 heavy (non-hydrogen) atoms. The smallest absolute Gasteiger partial charge is 0.193 e. The van der Waals surface area contributed by atoms with Crippen LogP contribution in [0, 0.1) is 11.3 Å². The van der Waals surface area contributed by atoms with Crippen LogP contribution in [-0.4, -0.2) is 48.3 Å². The summed E-state index contributed by atoms with van der Waals surface area (Å²) in [6.07, 6.45) is 7.52. The third kappa shape index (κ3) is 2.36. The fourth-order valence-corrected chi connectivity index (χ4v) is 5.25. The van der Waals surface area contributed by atoms with Crippen LogP contribution >= 0.6 is 11.6 Å². The summed E-state index contributed by atoms with van der Waals surface area (Å²) in [5.74, 6) is 1.62. The molecule has 3 unspecified atom stereocenters. The topological polar surface area (TPSA) is 41.8 Å². The fraction of sp³-hybridized carbons (Fsp3) is 0.722. The van der Waals surface area contributed by atoms with Crippen molar-refractivity contribution in [1.29, 1.82) is 0 Å². The van der Waals surface area contributed by atoms with Gasteiger partial charge in [-0.15, -0.1) is 0 Å². The summed E-state index contributed by atoms with van der Waals surface area (Å²) in [4.78, 5) is 6.71. The van der Waals surface area contributed by atoms with E-state index in [-0.39, 0.29) is 0 Å². The van der Waals surface area contributed by atoms with Gasteiger partial charge in [0.2, 0.25) is 0 Å². The van der Waals surface area contributed by atoms with Gasteiger partial charge in [-0.2, -0.15) is 0 Å². The lowest BCUT2D eigenvalue weighted by Gasteiger charge is -2.63. The molecule has 2 heterocycles. The molecule has 0 aromatic carbocycles. The molecule has 0 amide bonds. The van der Waals surface area contributed by atoms with Gasteiger partial charge in [-0.1, -0.05) is 18.0 Å². The molecule has 2 aliphatic carbocycles. The van der Waals surface area contributed by atoms with Crippen LogP contribution in [0.2, 0.25) is 5.02 Å². The molecule has 1 aromatic heterocycles. The highest BCUT2D eigenvalue weighted by Crippen LogP contribution is 2.62. The molecule has 3 fully saturated rings. The van der Waals surface area contributed by atoms with Gasteiger partial charge < -0.3 is 19.5 Å². The molecule has 1 aromatic rings. The molecule has 3 aliphatic rings. The summed E-state index contributed by atoms with van der Waals surface area (Å²) in [5, 5.41) is 4.55. The van der Waals surface area contributed by atoms with Crippen molar-refractivity contribution in [2.24, 2.45) is 23.4 Å². The van der Waals surface area contributed by atoms with Crippen molar-refractivity contribution in [2.45, 2.75) is 44.4 Å². The normalized spacial score (nSPS) is 30.7. The van der Waals surface area contributed by atoms with E-state index in [1.54, 1.807) is 0 Å². The Morgan fingerprint density at radius 1 is 1.54 bits per heavy atom. The van der Waals surface area contributed by atoms with Gasteiger partial charge in [0.1, 0.15) is 0 Å². The van der Waals surface area contributed by atoms with Crippen LogP contribution in [0.1, 0.15) is 31.4 Å². The number of aromatic nitrogens is 1. The quantitative estimate of drug-likeness (QED) is 0.673. The number of halogens is 1. The third-order valence-corrected chi connectivity index (χ3v) is 6.57. The summed E-state index contributed by atoms with van der Waals surface area (Å²) >= 11 is 6.10. The van der Waals surface area contributed by atoms with Crippen molar-refractivity contribution in [1.82, 2.24) is 14.8 Å². The molecule has 132 valence electrons. The van der Waals surface area contributed by atoms with Gasteiger partial charge in [0.05, 0.1) is 17.7 Å². The number of nitrogens with zero attached hydrogens (tertiary/aromatic N) is 3. The van der Waals surface area contributed by atoms with Gasteiger partial charge in [-0.25, -0.2) is 0 Å². The SMILES string of the molecule is CN=C(NC1C2CCOC2C12CCC2)N(C)Cc1cc(Cl)cn1C. The fourth-order valence-electron chi connectivity index (χ4n) is 4.98. The predicted molar refractivity (Wildman–Crippen MR) is 96.3 cm³/mol. The number of guanidine groups is 1. The molecule has 4 rings (SSSR count). The number of hydrogen-bond donors (Lipinski definition) is 1. The molecule has 6 heteroatoms. The number of ether oxygens (including phenoxy) is 1. The maximum absolute atomic E-state index is 6.10. The van der Waals surface area contributed by atoms with Gasteiger partial charge in [-0.3, -0.25) is 4.99 Å². The highest BCUT2D eigenvalue weighted by Gasteiger charge is 2.66. The predicted octanol–water partition coefficient (Wildman–Crippen LogP) is 2.64. The Morgan fingerprint density at radius 2 is 2.33 bits per heavy atom. The summed E-state index contributed by atoms with van der Waals surface area (Å²) < 4.78 is 8.09. The lowest BCUT2D eigenvalue weighted by atomic mass is 9.46. The van der Waals surface area contributed by atoms with Crippen molar-refractivity contribution in [3.63, 3.8) is 0 Å². The second-order valence-electron chi connectivity index (χ2n) is 7.62. The Hall–Kier alpha value is -1.20. The zero-order chi connectivity index (χ0) is 16.9. The minimum Gasteiger partial charge on any atom is -0.377 e. The zero-order valence-corrected chi connectivity index (χ0v) is 15.5. The second-order valence-corrected chi connectivity index (χ2v) is 8.05. The van der Waals surface area contributed by atoms with Crippen LogP contribution in [0.15, 0.2) is 17.3 Å². The molecule has 0 radical (unpaired) electrons. The standard InChI is InChI=1S/C18H27ClN4O/c1-20-17(23(3)11-13-9-12(19)10-22(13)2)21-15-14-5-8-24-16(14)18(15)6-4-7-18/h9-10,14-16H,4-8,11H2,1-3H3,(H,20,21). The number of aryl methyl sites for hydroxylation is 1. The number of aliphatic imine (C=N–C) groups is 1. The number of fused-ring (bicyclic) bond motifs is 2. The highest BCUT2D eigenvalue weighted by molar-refractivity contribution is 6.30. The number of nitrogens with one attached hydrogen (secondary N) is 1. The summed E-state index contributed by atoms with van der Waals surface area (Å²) in [6.45, 7) is 1.71. The third-order valence-electron chi connectivity index (χ3n) is 6.37. The molecular weight excluding hydrogens is 324 g/mol. The first-order valence-corrected chi connectivity index (χ1v) is 9.30. The van der Waals surface area contributed by atoms with E-state index in [0.717, 1.165) is 24.1 Å². The van der Waals surface area contributed by atoms with Gasteiger partial charge in [-0.05, 0) is 25.3 Å². The molecule has 1 spiro atoms. The number of rotatable bonds is 3. The maximum Gasteiger partial charge on any atom is 0.193 e. The Labute approximate surface area is 149 Å². The maximum atomic E-state index is 6.10. The van der Waals surface area contributed by atoms with E-state index in [9.17, 15) is 0 Å².